The Morgan fingerprint density at radius 3 is 2.56 bits per heavy atom. The first-order chi connectivity index (χ1) is 11.3. The second-order valence-electron chi connectivity index (χ2n) is 6.54. The van der Waals surface area contributed by atoms with Crippen LogP contribution in [0.4, 0.5) is 5.69 Å². The van der Waals surface area contributed by atoms with E-state index in [2.05, 4.69) is 5.32 Å². The van der Waals surface area contributed by atoms with Crippen molar-refractivity contribution in [1.29, 1.82) is 0 Å². The molecule has 0 aliphatic heterocycles. The molecule has 0 aliphatic rings. The van der Waals surface area contributed by atoms with Crippen molar-refractivity contribution in [1.82, 2.24) is 4.90 Å². The summed E-state index contributed by atoms with van der Waals surface area (Å²) in [6.07, 6.45) is 1.43. The van der Waals surface area contributed by atoms with E-state index < -0.39 is 0 Å². The number of amides is 2. The summed E-state index contributed by atoms with van der Waals surface area (Å²) in [6, 6.07) is 10.0. The smallest absolute Gasteiger partial charge is 0.291 e. The SMILES string of the molecule is CN(CC(C)(C)CN)C(=O)c1cccc(NC(=O)c2ccco2)c1.Cl. The third-order valence-electron chi connectivity index (χ3n) is 3.68. The largest absolute Gasteiger partial charge is 0.459 e. The molecule has 0 radical (unpaired) electrons. The van der Waals surface area contributed by atoms with E-state index in [1.807, 2.05) is 13.8 Å². The van der Waals surface area contributed by atoms with Gasteiger partial charge in [-0.25, -0.2) is 0 Å². The molecule has 136 valence electrons. The minimum absolute atomic E-state index is 0. The van der Waals surface area contributed by atoms with Gasteiger partial charge in [-0.3, -0.25) is 9.59 Å². The number of nitrogens with zero attached hydrogens (tertiary/aromatic N) is 1. The van der Waals surface area contributed by atoms with Crippen molar-refractivity contribution < 1.29 is 14.0 Å². The predicted octanol–water partition coefficient (Wildman–Crippen LogP) is 3.01. The van der Waals surface area contributed by atoms with Crippen molar-refractivity contribution in [2.45, 2.75) is 13.8 Å². The van der Waals surface area contributed by atoms with Gasteiger partial charge in [0, 0.05) is 24.8 Å². The summed E-state index contributed by atoms with van der Waals surface area (Å²) in [5.74, 6) is -0.263. The van der Waals surface area contributed by atoms with Crippen molar-refractivity contribution in [2.75, 3.05) is 25.5 Å². The second kappa shape index (κ2) is 8.69. The van der Waals surface area contributed by atoms with Crippen LogP contribution in [0.25, 0.3) is 0 Å². The Bertz CT molecular complexity index is 714. The van der Waals surface area contributed by atoms with Crippen LogP contribution in [-0.2, 0) is 0 Å². The van der Waals surface area contributed by atoms with E-state index in [0.29, 0.717) is 24.3 Å². The number of carbonyl (C=O) groups is 2. The number of hydrogen-bond acceptors (Lipinski definition) is 4. The molecule has 1 aromatic carbocycles. The van der Waals surface area contributed by atoms with E-state index in [0.717, 1.165) is 0 Å². The summed E-state index contributed by atoms with van der Waals surface area (Å²) in [6.45, 7) is 5.06. The van der Waals surface area contributed by atoms with Gasteiger partial charge in [-0.1, -0.05) is 19.9 Å². The van der Waals surface area contributed by atoms with Gasteiger partial charge < -0.3 is 20.4 Å². The molecule has 0 fully saturated rings. The predicted molar refractivity (Wildman–Crippen MR) is 100 cm³/mol. The van der Waals surface area contributed by atoms with Gasteiger partial charge >= 0.3 is 0 Å². The van der Waals surface area contributed by atoms with Crippen molar-refractivity contribution in [3.63, 3.8) is 0 Å². The zero-order valence-electron chi connectivity index (χ0n) is 14.6. The molecule has 1 aromatic heterocycles. The Morgan fingerprint density at radius 1 is 1.24 bits per heavy atom. The molecule has 0 saturated carbocycles. The van der Waals surface area contributed by atoms with Gasteiger partial charge in [0.25, 0.3) is 11.8 Å². The molecule has 3 N–H and O–H groups in total. The zero-order valence-corrected chi connectivity index (χ0v) is 15.4. The standard InChI is InChI=1S/C18H23N3O3.ClH/c1-18(2,11-19)12-21(3)17(23)13-6-4-7-14(10-13)20-16(22)15-8-5-9-24-15;/h4-10H,11-12,19H2,1-3H3,(H,20,22);1H. The van der Waals surface area contributed by atoms with Gasteiger partial charge in [-0.15, -0.1) is 12.4 Å². The number of furan rings is 1. The van der Waals surface area contributed by atoms with E-state index in [4.69, 9.17) is 10.2 Å². The molecule has 25 heavy (non-hydrogen) atoms. The Hall–Kier alpha value is -2.31. The van der Waals surface area contributed by atoms with Crippen LogP contribution >= 0.6 is 12.4 Å². The number of rotatable bonds is 6. The van der Waals surface area contributed by atoms with Gasteiger partial charge in [0.1, 0.15) is 0 Å². The molecule has 0 saturated heterocycles. The average Bonchev–Trinajstić information content (AvgIpc) is 3.08. The van der Waals surface area contributed by atoms with Gasteiger partial charge in [-0.2, -0.15) is 0 Å². The first kappa shape index (κ1) is 20.7. The van der Waals surface area contributed by atoms with Gasteiger partial charge in [0.05, 0.1) is 6.26 Å². The highest BCUT2D eigenvalue weighted by Gasteiger charge is 2.22. The number of carbonyl (C=O) groups excluding carboxylic acids is 2. The lowest BCUT2D eigenvalue weighted by molar-refractivity contribution is 0.0740. The minimum Gasteiger partial charge on any atom is -0.459 e. The molecule has 7 heteroatoms. The monoisotopic (exact) mass is 365 g/mol. The maximum atomic E-state index is 12.6. The minimum atomic E-state index is -0.359. The Labute approximate surface area is 153 Å². The number of halogens is 1. The summed E-state index contributed by atoms with van der Waals surface area (Å²) in [4.78, 5) is 26.2. The maximum absolute atomic E-state index is 12.6. The van der Waals surface area contributed by atoms with Crippen LogP contribution in [0.1, 0.15) is 34.8 Å². The molecule has 2 rings (SSSR count). The van der Waals surface area contributed by atoms with E-state index in [-0.39, 0.29) is 35.4 Å². The molecule has 0 unspecified atom stereocenters. The topological polar surface area (TPSA) is 88.6 Å². The van der Waals surface area contributed by atoms with Crippen molar-refractivity contribution >= 4 is 29.9 Å². The third-order valence-corrected chi connectivity index (χ3v) is 3.68. The molecular formula is C18H24ClN3O3. The summed E-state index contributed by atoms with van der Waals surface area (Å²) < 4.78 is 5.05. The van der Waals surface area contributed by atoms with E-state index in [1.165, 1.54) is 6.26 Å². The van der Waals surface area contributed by atoms with Crippen LogP contribution in [0.3, 0.4) is 0 Å². The molecular weight excluding hydrogens is 342 g/mol. The average molecular weight is 366 g/mol. The Kier molecular flexibility index (Phi) is 7.21. The summed E-state index contributed by atoms with van der Waals surface area (Å²) in [5.41, 5.74) is 6.61. The number of anilines is 1. The van der Waals surface area contributed by atoms with Gasteiger partial charge in [-0.05, 0) is 42.3 Å². The molecule has 0 bridgehead atoms. The van der Waals surface area contributed by atoms with Crippen LogP contribution in [0, 0.1) is 5.41 Å². The fraction of sp³-hybridized carbons (Fsp3) is 0.333. The first-order valence-electron chi connectivity index (χ1n) is 7.73. The van der Waals surface area contributed by atoms with Gasteiger partial charge in [0.15, 0.2) is 5.76 Å². The van der Waals surface area contributed by atoms with Crippen molar-refractivity contribution in [3.8, 4) is 0 Å². The van der Waals surface area contributed by atoms with Gasteiger partial charge in [0.2, 0.25) is 0 Å². The molecule has 1 heterocycles. The number of nitrogens with one attached hydrogen (secondary N) is 1. The number of hydrogen-bond donors (Lipinski definition) is 2. The van der Waals surface area contributed by atoms with E-state index >= 15 is 0 Å². The van der Waals surface area contributed by atoms with Crippen LogP contribution in [0.5, 0.6) is 0 Å². The van der Waals surface area contributed by atoms with E-state index in [1.54, 1.807) is 48.3 Å². The van der Waals surface area contributed by atoms with Crippen LogP contribution < -0.4 is 11.1 Å². The summed E-state index contributed by atoms with van der Waals surface area (Å²) >= 11 is 0. The first-order valence-corrected chi connectivity index (χ1v) is 7.73. The molecule has 0 aliphatic carbocycles. The highest BCUT2D eigenvalue weighted by molar-refractivity contribution is 6.03. The molecule has 6 nitrogen and oxygen atoms in total. The molecule has 0 spiro atoms. The second-order valence-corrected chi connectivity index (χ2v) is 6.54. The fourth-order valence-corrected chi connectivity index (χ4v) is 2.33. The van der Waals surface area contributed by atoms with Crippen LogP contribution in [0.15, 0.2) is 47.1 Å². The summed E-state index contributed by atoms with van der Waals surface area (Å²) in [7, 11) is 1.74. The quantitative estimate of drug-likeness (QED) is 0.823. The van der Waals surface area contributed by atoms with Crippen LogP contribution in [-0.4, -0.2) is 36.9 Å². The maximum Gasteiger partial charge on any atom is 0.291 e. The van der Waals surface area contributed by atoms with Crippen molar-refractivity contribution in [2.24, 2.45) is 11.1 Å². The third kappa shape index (κ3) is 5.62. The molecule has 2 aromatic rings. The lowest BCUT2D eigenvalue weighted by Gasteiger charge is -2.29. The lowest BCUT2D eigenvalue weighted by atomic mass is 9.93. The highest BCUT2D eigenvalue weighted by Crippen LogP contribution is 2.18. The lowest BCUT2D eigenvalue weighted by Crippen LogP contribution is -2.39. The Balaban J connectivity index is 0.00000312. The fourth-order valence-electron chi connectivity index (χ4n) is 2.33. The highest BCUT2D eigenvalue weighted by atomic mass is 35.5. The van der Waals surface area contributed by atoms with Crippen molar-refractivity contribution in [3.05, 3.63) is 54.0 Å². The summed E-state index contributed by atoms with van der Waals surface area (Å²) in [5, 5.41) is 2.71. The zero-order chi connectivity index (χ0) is 17.7. The number of nitrogens with two attached hydrogens (primary N) is 1. The number of benzene rings is 1. The normalized spacial score (nSPS) is 10.7. The molecule has 2 amide bonds. The van der Waals surface area contributed by atoms with E-state index in [9.17, 15) is 9.59 Å². The Morgan fingerprint density at radius 2 is 1.96 bits per heavy atom. The van der Waals surface area contributed by atoms with Crippen LogP contribution in [0.2, 0.25) is 0 Å². The molecule has 0 atom stereocenters.